The standard InChI is InChI=1S/C21H25FN5O2P/c1-13(23)18(14(2)30)12-25-11-17(9-24-25)27-19(28)21(3,4)26(20(27)29)10-15-6-5-7-16(22)8-15/h5-9,11,23H,10,12,30H2,1-4H3. The molecule has 0 radical (unpaired) electrons. The summed E-state index contributed by atoms with van der Waals surface area (Å²) in [5.74, 6) is -0.763. The van der Waals surface area contributed by atoms with Crippen LogP contribution in [0.5, 0.6) is 0 Å². The molecule has 30 heavy (non-hydrogen) atoms. The minimum atomic E-state index is -1.08. The van der Waals surface area contributed by atoms with Crippen molar-refractivity contribution in [2.45, 2.75) is 46.3 Å². The van der Waals surface area contributed by atoms with Gasteiger partial charge in [-0.25, -0.2) is 14.1 Å². The molecule has 1 unspecified atom stereocenters. The fourth-order valence-corrected chi connectivity index (χ4v) is 3.71. The van der Waals surface area contributed by atoms with Crippen molar-refractivity contribution in [3.8, 4) is 0 Å². The van der Waals surface area contributed by atoms with Gasteiger partial charge in [0.1, 0.15) is 11.4 Å². The van der Waals surface area contributed by atoms with Gasteiger partial charge in [0.2, 0.25) is 0 Å². The molecule has 1 aromatic heterocycles. The molecule has 0 spiro atoms. The number of amides is 3. The largest absolute Gasteiger partial charge is 0.332 e. The normalized spacial score (nSPS) is 16.9. The Labute approximate surface area is 177 Å². The van der Waals surface area contributed by atoms with Gasteiger partial charge >= 0.3 is 6.03 Å². The number of nitrogens with one attached hydrogen (secondary N) is 1. The minimum Gasteiger partial charge on any atom is -0.305 e. The second-order valence-electron chi connectivity index (χ2n) is 7.88. The number of anilines is 1. The average molecular weight is 429 g/mol. The second-order valence-corrected chi connectivity index (χ2v) is 8.75. The van der Waals surface area contributed by atoms with Crippen LogP contribution in [-0.4, -0.2) is 37.9 Å². The van der Waals surface area contributed by atoms with Crippen molar-refractivity contribution in [1.29, 1.82) is 5.41 Å². The molecule has 1 saturated heterocycles. The molecule has 1 N–H and O–H groups in total. The van der Waals surface area contributed by atoms with E-state index < -0.39 is 17.4 Å². The van der Waals surface area contributed by atoms with Crippen LogP contribution in [0.4, 0.5) is 14.9 Å². The van der Waals surface area contributed by atoms with E-state index >= 15 is 0 Å². The Kier molecular flexibility index (Phi) is 5.90. The fourth-order valence-electron chi connectivity index (χ4n) is 3.40. The van der Waals surface area contributed by atoms with Crippen molar-refractivity contribution in [3.63, 3.8) is 0 Å². The van der Waals surface area contributed by atoms with E-state index in [1.807, 2.05) is 6.92 Å². The van der Waals surface area contributed by atoms with E-state index in [2.05, 4.69) is 14.3 Å². The van der Waals surface area contributed by atoms with Crippen LogP contribution in [0.15, 0.2) is 47.5 Å². The number of hydrogen-bond acceptors (Lipinski definition) is 4. The third kappa shape index (κ3) is 4.05. The van der Waals surface area contributed by atoms with Gasteiger partial charge in [0.15, 0.2) is 0 Å². The Hall–Kier alpha value is -2.86. The Morgan fingerprint density at radius 2 is 1.97 bits per heavy atom. The topological polar surface area (TPSA) is 82.3 Å². The highest BCUT2D eigenvalue weighted by Crippen LogP contribution is 2.33. The smallest absolute Gasteiger partial charge is 0.305 e. The molecule has 9 heteroatoms. The van der Waals surface area contributed by atoms with Crippen LogP contribution in [-0.2, 0) is 17.9 Å². The molecule has 1 fully saturated rings. The quantitative estimate of drug-likeness (QED) is 0.429. The number of imide groups is 1. The molecule has 0 aliphatic carbocycles. The van der Waals surface area contributed by atoms with Crippen molar-refractivity contribution in [2.24, 2.45) is 0 Å². The molecule has 1 aromatic carbocycles. The molecular formula is C21H25FN5O2P. The van der Waals surface area contributed by atoms with Gasteiger partial charge in [-0.05, 0) is 56.3 Å². The first-order valence-corrected chi connectivity index (χ1v) is 10.0. The van der Waals surface area contributed by atoms with E-state index in [1.165, 1.54) is 23.2 Å². The van der Waals surface area contributed by atoms with Crippen molar-refractivity contribution in [1.82, 2.24) is 14.7 Å². The molecule has 3 amide bonds. The maximum atomic E-state index is 13.6. The van der Waals surface area contributed by atoms with Crippen molar-refractivity contribution in [3.05, 3.63) is 58.9 Å². The lowest BCUT2D eigenvalue weighted by molar-refractivity contribution is -0.123. The molecule has 7 nitrogen and oxygen atoms in total. The van der Waals surface area contributed by atoms with Gasteiger partial charge in [0.05, 0.1) is 18.4 Å². The first-order chi connectivity index (χ1) is 14.0. The number of rotatable bonds is 6. The van der Waals surface area contributed by atoms with Gasteiger partial charge in [-0.2, -0.15) is 5.10 Å². The number of aromatic nitrogens is 2. The van der Waals surface area contributed by atoms with Crippen LogP contribution in [0.2, 0.25) is 0 Å². The molecule has 3 rings (SSSR count). The maximum absolute atomic E-state index is 13.6. The van der Waals surface area contributed by atoms with Crippen LogP contribution in [0.1, 0.15) is 33.3 Å². The SMILES string of the molecule is CC(=N)C(Cn1cc(N2C(=O)N(Cc3cccc(F)c3)C(C)(C)C2=O)cn1)=C(C)P. The zero-order valence-electron chi connectivity index (χ0n) is 17.4. The van der Waals surface area contributed by atoms with Gasteiger partial charge in [0.25, 0.3) is 5.91 Å². The van der Waals surface area contributed by atoms with Crippen LogP contribution >= 0.6 is 9.24 Å². The fraction of sp³-hybridized carbons (Fsp3) is 0.333. The highest BCUT2D eigenvalue weighted by Gasteiger charge is 2.52. The number of hydrogen-bond donors (Lipinski definition) is 1. The van der Waals surface area contributed by atoms with E-state index in [1.54, 1.807) is 43.8 Å². The van der Waals surface area contributed by atoms with Gasteiger partial charge < -0.3 is 10.3 Å². The molecule has 158 valence electrons. The van der Waals surface area contributed by atoms with Crippen LogP contribution in [0.3, 0.4) is 0 Å². The third-order valence-corrected chi connectivity index (χ3v) is 5.53. The highest BCUT2D eigenvalue weighted by molar-refractivity contribution is 7.22. The van der Waals surface area contributed by atoms with E-state index in [0.29, 0.717) is 23.5 Å². The summed E-state index contributed by atoms with van der Waals surface area (Å²) in [5, 5.41) is 13.1. The van der Waals surface area contributed by atoms with E-state index in [9.17, 15) is 14.0 Å². The number of carbonyl (C=O) groups excluding carboxylic acids is 2. The first kappa shape index (κ1) is 21.8. The monoisotopic (exact) mass is 429 g/mol. The molecular weight excluding hydrogens is 404 g/mol. The Morgan fingerprint density at radius 3 is 2.57 bits per heavy atom. The lowest BCUT2D eigenvalue weighted by Gasteiger charge is -2.27. The summed E-state index contributed by atoms with van der Waals surface area (Å²) >= 11 is 0. The van der Waals surface area contributed by atoms with E-state index in [4.69, 9.17) is 5.41 Å². The van der Waals surface area contributed by atoms with Gasteiger partial charge in [0, 0.05) is 18.5 Å². The molecule has 0 saturated carbocycles. The molecule has 1 atom stereocenters. The number of urea groups is 1. The predicted octanol–water partition coefficient (Wildman–Crippen LogP) is 3.96. The summed E-state index contributed by atoms with van der Waals surface area (Å²) in [5.41, 5.74) is 1.12. The molecule has 1 aliphatic rings. The Bertz CT molecular complexity index is 1060. The minimum absolute atomic E-state index is 0.117. The zero-order valence-corrected chi connectivity index (χ0v) is 18.6. The number of allylic oxidation sites excluding steroid dienone is 2. The number of carbonyl (C=O) groups is 2. The van der Waals surface area contributed by atoms with Crippen LogP contribution < -0.4 is 4.90 Å². The summed E-state index contributed by atoms with van der Waals surface area (Å²) in [7, 11) is 2.58. The van der Waals surface area contributed by atoms with Gasteiger partial charge in [-0.3, -0.25) is 9.48 Å². The lowest BCUT2D eigenvalue weighted by Crippen LogP contribution is -2.43. The van der Waals surface area contributed by atoms with Crippen LogP contribution in [0.25, 0.3) is 0 Å². The van der Waals surface area contributed by atoms with E-state index in [-0.39, 0.29) is 12.5 Å². The summed E-state index contributed by atoms with van der Waals surface area (Å²) in [4.78, 5) is 28.7. The number of nitrogens with zero attached hydrogens (tertiary/aromatic N) is 4. The summed E-state index contributed by atoms with van der Waals surface area (Å²) in [6, 6.07) is 5.51. The Balaban J connectivity index is 1.88. The summed E-state index contributed by atoms with van der Waals surface area (Å²) in [6.45, 7) is 7.42. The van der Waals surface area contributed by atoms with Gasteiger partial charge in [-0.15, -0.1) is 9.24 Å². The number of benzene rings is 1. The van der Waals surface area contributed by atoms with E-state index in [0.717, 1.165) is 15.8 Å². The lowest BCUT2D eigenvalue weighted by atomic mass is 10.0. The summed E-state index contributed by atoms with van der Waals surface area (Å²) in [6.07, 6.45) is 3.08. The number of halogens is 1. The molecule has 0 bridgehead atoms. The van der Waals surface area contributed by atoms with Crippen molar-refractivity contribution >= 4 is 32.6 Å². The van der Waals surface area contributed by atoms with Crippen LogP contribution in [0, 0.1) is 11.2 Å². The third-order valence-electron chi connectivity index (χ3n) is 5.18. The molecule has 2 aromatic rings. The van der Waals surface area contributed by atoms with Crippen molar-refractivity contribution in [2.75, 3.05) is 4.90 Å². The van der Waals surface area contributed by atoms with Gasteiger partial charge in [-0.1, -0.05) is 12.1 Å². The zero-order chi connectivity index (χ0) is 22.2. The Morgan fingerprint density at radius 1 is 1.27 bits per heavy atom. The predicted molar refractivity (Wildman–Crippen MR) is 117 cm³/mol. The summed E-state index contributed by atoms with van der Waals surface area (Å²) < 4.78 is 15.2. The molecule has 2 heterocycles. The highest BCUT2D eigenvalue weighted by atomic mass is 31.0. The second kappa shape index (κ2) is 8.11. The first-order valence-electron chi connectivity index (χ1n) is 9.46. The average Bonchev–Trinajstić information content (AvgIpc) is 3.17. The molecule has 1 aliphatic heterocycles. The van der Waals surface area contributed by atoms with Crippen molar-refractivity contribution < 1.29 is 14.0 Å². The maximum Gasteiger partial charge on any atom is 0.332 e.